The molecule has 6 heteroatoms. The predicted octanol–water partition coefficient (Wildman–Crippen LogP) is -0.574. The Balaban J connectivity index is 0. The van der Waals surface area contributed by atoms with Crippen molar-refractivity contribution in [2.24, 2.45) is 0 Å². The first-order valence-electron chi connectivity index (χ1n) is 6.54. The Morgan fingerprint density at radius 3 is 2.00 bits per heavy atom. The molecule has 1 N–H and O–H groups in total. The van der Waals surface area contributed by atoms with Crippen molar-refractivity contribution < 1.29 is 47.6 Å². The Bertz CT molecular complexity index is 280. The maximum atomic E-state index is 11.0. The largest absolute Gasteiger partial charge is 1.00 e. The molecule has 0 aromatic carbocycles. The predicted molar refractivity (Wildman–Crippen MR) is 67.8 cm³/mol. The van der Waals surface area contributed by atoms with Gasteiger partial charge in [-0.1, -0.05) is 39.5 Å². The molecule has 0 aliphatic carbocycles. The smallest absolute Gasteiger partial charge is 0.748 e. The van der Waals surface area contributed by atoms with Crippen molar-refractivity contribution in [3.63, 3.8) is 0 Å². The van der Waals surface area contributed by atoms with E-state index >= 15 is 0 Å². The minimum atomic E-state index is -4.16. The second-order valence-electron chi connectivity index (χ2n) is 4.60. The first-order valence-corrected chi connectivity index (χ1v) is 8.01. The second kappa shape index (κ2) is 11.7. The van der Waals surface area contributed by atoms with Crippen LogP contribution in [0.25, 0.3) is 0 Å². The Morgan fingerprint density at radius 1 is 1.06 bits per heavy atom. The molecule has 0 saturated heterocycles. The minimum absolute atomic E-state index is 0. The van der Waals surface area contributed by atoms with Gasteiger partial charge in [-0.25, -0.2) is 8.42 Å². The Morgan fingerprint density at radius 2 is 1.56 bits per heavy atom. The van der Waals surface area contributed by atoms with E-state index in [0.717, 1.165) is 25.7 Å². The van der Waals surface area contributed by atoms with E-state index in [1.807, 2.05) is 13.8 Å². The zero-order valence-electron chi connectivity index (χ0n) is 11.9. The molecule has 0 rings (SSSR count). The van der Waals surface area contributed by atoms with E-state index in [9.17, 15) is 18.1 Å². The summed E-state index contributed by atoms with van der Waals surface area (Å²) in [4.78, 5) is 0. The van der Waals surface area contributed by atoms with Crippen LogP contribution in [0.2, 0.25) is 0 Å². The first-order chi connectivity index (χ1) is 7.91. The van der Waals surface area contributed by atoms with Gasteiger partial charge in [-0.05, 0) is 25.7 Å². The molecule has 0 fully saturated rings. The van der Waals surface area contributed by atoms with E-state index < -0.39 is 15.4 Å². The van der Waals surface area contributed by atoms with Crippen LogP contribution >= 0.6 is 0 Å². The van der Waals surface area contributed by atoms with Gasteiger partial charge in [0.05, 0.1) is 16.2 Å². The number of rotatable bonds is 10. The van der Waals surface area contributed by atoms with Crippen LogP contribution in [0.4, 0.5) is 0 Å². The van der Waals surface area contributed by atoms with E-state index in [0.29, 0.717) is 25.7 Å². The van der Waals surface area contributed by atoms with Gasteiger partial charge in [0, 0.05) is 5.25 Å². The third-order valence-corrected chi connectivity index (χ3v) is 4.36. The van der Waals surface area contributed by atoms with Crippen molar-refractivity contribution in [2.75, 3.05) is 0 Å². The summed E-state index contributed by atoms with van der Waals surface area (Å²) in [5.41, 5.74) is 0. The van der Waals surface area contributed by atoms with Crippen LogP contribution in [0.5, 0.6) is 0 Å². The number of unbranched alkanes of at least 4 members (excludes halogenated alkanes) is 2. The van der Waals surface area contributed by atoms with Gasteiger partial charge in [-0.3, -0.25) is 0 Å². The average molecular weight is 288 g/mol. The molecule has 0 aromatic heterocycles. The second-order valence-corrected chi connectivity index (χ2v) is 6.26. The Kier molecular flexibility index (Phi) is 13.7. The molecule has 104 valence electrons. The number of hydrogen-bond acceptors (Lipinski definition) is 4. The molecule has 0 heterocycles. The molecule has 18 heavy (non-hydrogen) atoms. The van der Waals surface area contributed by atoms with Gasteiger partial charge in [-0.15, -0.1) is 0 Å². The van der Waals surface area contributed by atoms with E-state index in [2.05, 4.69) is 0 Å². The summed E-state index contributed by atoms with van der Waals surface area (Å²) in [5, 5.41) is 8.61. The van der Waals surface area contributed by atoms with E-state index in [1.54, 1.807) is 0 Å². The van der Waals surface area contributed by atoms with Gasteiger partial charge in [0.15, 0.2) is 0 Å². The molecule has 0 aromatic rings. The zero-order valence-corrected chi connectivity index (χ0v) is 14.7. The molecule has 0 radical (unpaired) electrons. The van der Waals surface area contributed by atoms with E-state index in [-0.39, 0.29) is 35.7 Å². The van der Waals surface area contributed by atoms with Crippen molar-refractivity contribution in [1.29, 1.82) is 0 Å². The van der Waals surface area contributed by atoms with Crippen molar-refractivity contribution >= 4 is 10.1 Å². The van der Waals surface area contributed by atoms with Crippen molar-refractivity contribution in [3.05, 3.63) is 0 Å². The monoisotopic (exact) mass is 288 g/mol. The van der Waals surface area contributed by atoms with Gasteiger partial charge in [-0.2, -0.15) is 0 Å². The summed E-state index contributed by atoms with van der Waals surface area (Å²) in [5.74, 6) is 0. The quantitative estimate of drug-likeness (QED) is 0.332. The first kappa shape index (κ1) is 21.2. The summed E-state index contributed by atoms with van der Waals surface area (Å²) >= 11 is 0. The van der Waals surface area contributed by atoms with Gasteiger partial charge < -0.3 is 9.66 Å². The molecule has 0 aliphatic heterocycles. The summed E-state index contributed by atoms with van der Waals surface area (Å²) in [6.07, 6.45) is 5.19. The molecular formula is C12H25NaO4S. The number of aliphatic hydroxyl groups is 1. The van der Waals surface area contributed by atoms with Gasteiger partial charge in [0.25, 0.3) is 0 Å². The fourth-order valence-electron chi connectivity index (χ4n) is 1.82. The van der Waals surface area contributed by atoms with Crippen molar-refractivity contribution in [1.82, 2.24) is 0 Å². The SMILES string of the molecule is CCCCC(CCCCC(O)CC)S(=O)(=O)[O-].[Na+]. The van der Waals surface area contributed by atoms with Crippen LogP contribution in [0.3, 0.4) is 0 Å². The molecule has 0 spiro atoms. The summed E-state index contributed by atoms with van der Waals surface area (Å²) < 4.78 is 33.0. The van der Waals surface area contributed by atoms with Crippen LogP contribution in [0, 0.1) is 0 Å². The van der Waals surface area contributed by atoms with Gasteiger partial charge in [0.2, 0.25) is 0 Å². The molecular weight excluding hydrogens is 263 g/mol. The zero-order chi connectivity index (χ0) is 13.3. The van der Waals surface area contributed by atoms with Gasteiger partial charge >= 0.3 is 29.6 Å². The van der Waals surface area contributed by atoms with Crippen molar-refractivity contribution in [2.45, 2.75) is 76.6 Å². The summed E-state index contributed by atoms with van der Waals surface area (Å²) in [6.45, 7) is 3.89. The topological polar surface area (TPSA) is 77.4 Å². The van der Waals surface area contributed by atoms with Crippen LogP contribution in [0.15, 0.2) is 0 Å². The van der Waals surface area contributed by atoms with Crippen LogP contribution in [0.1, 0.15) is 65.2 Å². The molecule has 2 atom stereocenters. The Labute approximate surface area is 134 Å². The summed E-state index contributed by atoms with van der Waals surface area (Å²) in [6, 6.07) is 0. The standard InChI is InChI=1S/C12H26O4S.Na/c1-3-5-9-12(17(14,15)16)10-7-6-8-11(13)4-2;/h11-13H,3-10H2,1-2H3,(H,14,15,16);/q;+1/p-1. The van der Waals surface area contributed by atoms with Gasteiger partial charge in [0.1, 0.15) is 0 Å². The fourth-order valence-corrected chi connectivity index (χ4v) is 2.73. The summed E-state index contributed by atoms with van der Waals surface area (Å²) in [7, 11) is -4.16. The maximum Gasteiger partial charge on any atom is 1.00 e. The molecule has 4 nitrogen and oxygen atoms in total. The number of hydrogen-bond donors (Lipinski definition) is 1. The third-order valence-electron chi connectivity index (χ3n) is 3.07. The molecule has 0 bridgehead atoms. The van der Waals surface area contributed by atoms with Crippen LogP contribution in [-0.4, -0.2) is 29.4 Å². The number of aliphatic hydroxyl groups excluding tert-OH is 1. The van der Waals surface area contributed by atoms with E-state index in [4.69, 9.17) is 0 Å². The Hall–Kier alpha value is 0.870. The third kappa shape index (κ3) is 10.8. The fraction of sp³-hybridized carbons (Fsp3) is 1.00. The molecule has 0 aliphatic rings. The maximum absolute atomic E-state index is 11.0. The molecule has 0 saturated carbocycles. The van der Waals surface area contributed by atoms with Crippen LogP contribution in [-0.2, 0) is 10.1 Å². The normalized spacial score (nSPS) is 14.9. The molecule has 0 amide bonds. The molecule has 2 unspecified atom stereocenters. The van der Waals surface area contributed by atoms with Crippen molar-refractivity contribution in [3.8, 4) is 0 Å². The minimum Gasteiger partial charge on any atom is -0.748 e. The van der Waals surface area contributed by atoms with Crippen LogP contribution < -0.4 is 29.6 Å². The average Bonchev–Trinajstić information content (AvgIpc) is 2.25. The van der Waals surface area contributed by atoms with E-state index in [1.165, 1.54) is 0 Å².